The van der Waals surface area contributed by atoms with E-state index in [1.165, 1.54) is 0 Å². The minimum atomic E-state index is -0.936. The molecular weight excluding hydrogens is 511 g/mol. The van der Waals surface area contributed by atoms with Crippen LogP contribution in [0.1, 0.15) is 42.4 Å². The first kappa shape index (κ1) is 25.4. The maximum absolute atomic E-state index is 6.59. The maximum Gasteiger partial charge on any atom is 0.223 e. The normalized spacial score (nSPS) is 13.8. The smallest absolute Gasteiger partial charge is 0.223 e. The first-order valence-electron chi connectivity index (χ1n) is 11.9. The van der Waals surface area contributed by atoms with E-state index >= 15 is 0 Å². The van der Waals surface area contributed by atoms with Crippen LogP contribution in [0, 0.1) is 0 Å². The molecular formula is C29H28Cl2N2O2S. The number of hydrogen-bond donors (Lipinski definition) is 0. The summed E-state index contributed by atoms with van der Waals surface area (Å²) < 4.78 is 14.9. The first-order chi connectivity index (χ1) is 17.3. The summed E-state index contributed by atoms with van der Waals surface area (Å²) in [5.41, 5.74) is 5.41. The van der Waals surface area contributed by atoms with Crippen LogP contribution in [0.4, 0.5) is 0 Å². The van der Waals surface area contributed by atoms with Crippen molar-refractivity contribution in [2.45, 2.75) is 41.9 Å². The van der Waals surface area contributed by atoms with Crippen LogP contribution in [0.3, 0.4) is 0 Å². The second-order valence-corrected chi connectivity index (χ2v) is 11.1. The average molecular weight is 540 g/mol. The SMILES string of the molecule is COC1(OCCc2nc(C(C)C)c(Sc3cc(Cl)cc(Cl)c3)n2C)c2ccccc2-c2ccccc21. The minimum Gasteiger partial charge on any atom is -0.346 e. The van der Waals surface area contributed by atoms with Crippen molar-refractivity contribution in [2.75, 3.05) is 13.7 Å². The lowest BCUT2D eigenvalue weighted by molar-refractivity contribution is -0.198. The zero-order valence-electron chi connectivity index (χ0n) is 20.7. The molecule has 0 fully saturated rings. The van der Waals surface area contributed by atoms with Gasteiger partial charge < -0.3 is 14.0 Å². The van der Waals surface area contributed by atoms with Crippen molar-refractivity contribution in [3.63, 3.8) is 0 Å². The van der Waals surface area contributed by atoms with E-state index in [-0.39, 0.29) is 5.92 Å². The van der Waals surface area contributed by atoms with E-state index in [9.17, 15) is 0 Å². The summed E-state index contributed by atoms with van der Waals surface area (Å²) in [5.74, 6) is 0.288. The third kappa shape index (κ3) is 4.48. The summed E-state index contributed by atoms with van der Waals surface area (Å²) in [5, 5.41) is 2.32. The number of imidazole rings is 1. The highest BCUT2D eigenvalue weighted by Crippen LogP contribution is 2.50. The van der Waals surface area contributed by atoms with Crippen LogP contribution in [0.15, 0.2) is 76.7 Å². The Balaban J connectivity index is 1.42. The Morgan fingerprint density at radius 2 is 1.53 bits per heavy atom. The summed E-state index contributed by atoms with van der Waals surface area (Å²) in [6.45, 7) is 4.76. The van der Waals surface area contributed by atoms with Gasteiger partial charge in [-0.25, -0.2) is 4.98 Å². The molecule has 0 bridgehead atoms. The summed E-state index contributed by atoms with van der Waals surface area (Å²) in [6.07, 6.45) is 0.641. The number of methoxy groups -OCH3 is 1. The Labute approximate surface area is 226 Å². The molecule has 1 aliphatic carbocycles. The molecule has 1 heterocycles. The summed E-state index contributed by atoms with van der Waals surface area (Å²) in [4.78, 5) is 5.99. The van der Waals surface area contributed by atoms with Gasteiger partial charge in [-0.1, -0.05) is 97.3 Å². The Hall–Kier alpha value is -2.28. The topological polar surface area (TPSA) is 36.3 Å². The van der Waals surface area contributed by atoms with Gasteiger partial charge in [-0.3, -0.25) is 0 Å². The van der Waals surface area contributed by atoms with Gasteiger partial charge in [0.15, 0.2) is 0 Å². The highest BCUT2D eigenvalue weighted by atomic mass is 35.5. The van der Waals surface area contributed by atoms with E-state index in [4.69, 9.17) is 37.7 Å². The molecule has 0 spiro atoms. The number of nitrogens with zero attached hydrogens (tertiary/aromatic N) is 2. The van der Waals surface area contributed by atoms with Gasteiger partial charge in [0.1, 0.15) is 10.9 Å². The van der Waals surface area contributed by atoms with Crippen LogP contribution in [0.2, 0.25) is 10.0 Å². The predicted molar refractivity (Wildman–Crippen MR) is 147 cm³/mol. The lowest BCUT2D eigenvalue weighted by Crippen LogP contribution is -2.32. The fraction of sp³-hybridized carbons (Fsp3) is 0.276. The van der Waals surface area contributed by atoms with Gasteiger partial charge in [0.05, 0.1) is 12.3 Å². The van der Waals surface area contributed by atoms with E-state index in [0.717, 1.165) is 43.7 Å². The lowest BCUT2D eigenvalue weighted by atomic mass is 10.0. The maximum atomic E-state index is 6.59. The number of halogens is 2. The fourth-order valence-corrected chi connectivity index (χ4v) is 6.72. The van der Waals surface area contributed by atoms with Gasteiger partial charge in [0.25, 0.3) is 0 Å². The number of benzene rings is 3. The molecule has 0 saturated heterocycles. The molecule has 0 saturated carbocycles. The lowest BCUT2D eigenvalue weighted by Gasteiger charge is -2.30. The standard InChI is InChI=1S/C29H28Cl2N2O2S/c1-18(2)27-28(36-21-16-19(30)15-20(31)17-21)33(3)26(32-27)13-14-35-29(34-4)24-11-7-5-9-22(24)23-10-6-8-12-25(23)29/h5-12,15-18H,13-14H2,1-4H3. The Kier molecular flexibility index (Phi) is 7.21. The molecule has 186 valence electrons. The van der Waals surface area contributed by atoms with Crippen molar-refractivity contribution in [1.82, 2.24) is 9.55 Å². The molecule has 36 heavy (non-hydrogen) atoms. The molecule has 1 aliphatic rings. The summed E-state index contributed by atoms with van der Waals surface area (Å²) in [7, 11) is 3.76. The third-order valence-corrected chi connectivity index (χ3v) is 8.11. The largest absolute Gasteiger partial charge is 0.346 e. The van der Waals surface area contributed by atoms with E-state index in [0.29, 0.717) is 23.1 Å². The van der Waals surface area contributed by atoms with Crippen molar-refractivity contribution >= 4 is 35.0 Å². The first-order valence-corrected chi connectivity index (χ1v) is 13.5. The highest BCUT2D eigenvalue weighted by Gasteiger charge is 2.44. The molecule has 7 heteroatoms. The molecule has 0 aliphatic heterocycles. The average Bonchev–Trinajstić information content (AvgIpc) is 3.32. The summed E-state index contributed by atoms with van der Waals surface area (Å²) in [6, 6.07) is 22.2. The monoisotopic (exact) mass is 538 g/mol. The Morgan fingerprint density at radius 3 is 2.08 bits per heavy atom. The third-order valence-electron chi connectivity index (χ3n) is 6.53. The molecule has 0 atom stereocenters. The predicted octanol–water partition coefficient (Wildman–Crippen LogP) is 8.09. The molecule has 4 aromatic rings. The van der Waals surface area contributed by atoms with Crippen molar-refractivity contribution < 1.29 is 9.47 Å². The van der Waals surface area contributed by atoms with Crippen LogP contribution in [0.25, 0.3) is 11.1 Å². The molecule has 0 unspecified atom stereocenters. The quantitative estimate of drug-likeness (QED) is 0.212. The fourth-order valence-electron chi connectivity index (χ4n) is 4.85. The van der Waals surface area contributed by atoms with Crippen LogP contribution in [0.5, 0.6) is 0 Å². The molecule has 0 N–H and O–H groups in total. The number of aromatic nitrogens is 2. The second kappa shape index (κ2) is 10.2. The molecule has 4 nitrogen and oxygen atoms in total. The Bertz CT molecular complexity index is 1350. The van der Waals surface area contributed by atoms with Gasteiger partial charge in [-0.2, -0.15) is 0 Å². The van der Waals surface area contributed by atoms with E-state index in [2.05, 4.69) is 61.9 Å². The van der Waals surface area contributed by atoms with E-state index in [1.807, 2.05) is 24.3 Å². The Morgan fingerprint density at radius 1 is 0.944 bits per heavy atom. The van der Waals surface area contributed by atoms with Crippen molar-refractivity contribution in [3.8, 4) is 11.1 Å². The van der Waals surface area contributed by atoms with Gasteiger partial charge in [0, 0.05) is 46.6 Å². The van der Waals surface area contributed by atoms with Gasteiger partial charge in [0.2, 0.25) is 5.79 Å². The number of fused-ring (bicyclic) bond motifs is 3. The zero-order chi connectivity index (χ0) is 25.4. The molecule has 5 rings (SSSR count). The van der Waals surface area contributed by atoms with E-state index in [1.54, 1.807) is 24.9 Å². The van der Waals surface area contributed by atoms with Gasteiger partial charge in [-0.15, -0.1) is 0 Å². The minimum absolute atomic E-state index is 0.266. The van der Waals surface area contributed by atoms with Crippen molar-refractivity contribution in [3.05, 3.63) is 99.4 Å². The number of rotatable bonds is 8. The molecule has 3 aromatic carbocycles. The zero-order valence-corrected chi connectivity index (χ0v) is 23.0. The van der Waals surface area contributed by atoms with Crippen molar-refractivity contribution in [1.29, 1.82) is 0 Å². The van der Waals surface area contributed by atoms with Crippen LogP contribution < -0.4 is 0 Å². The molecule has 0 amide bonds. The van der Waals surface area contributed by atoms with Gasteiger partial charge in [-0.05, 0) is 35.2 Å². The van der Waals surface area contributed by atoms with Gasteiger partial charge >= 0.3 is 0 Å². The van der Waals surface area contributed by atoms with Crippen LogP contribution in [-0.2, 0) is 28.7 Å². The summed E-state index contributed by atoms with van der Waals surface area (Å²) >= 11 is 14.1. The highest BCUT2D eigenvalue weighted by molar-refractivity contribution is 7.99. The van der Waals surface area contributed by atoms with Crippen LogP contribution in [-0.4, -0.2) is 23.3 Å². The molecule has 1 aromatic heterocycles. The second-order valence-electron chi connectivity index (χ2n) is 9.15. The number of ether oxygens (including phenoxy) is 2. The molecule has 0 radical (unpaired) electrons. The van der Waals surface area contributed by atoms with Crippen molar-refractivity contribution in [2.24, 2.45) is 7.05 Å². The number of hydrogen-bond acceptors (Lipinski definition) is 4. The van der Waals surface area contributed by atoms with Crippen LogP contribution >= 0.6 is 35.0 Å². The van der Waals surface area contributed by atoms with E-state index < -0.39 is 5.79 Å².